The first-order chi connectivity index (χ1) is 3.29. The zero-order valence-corrected chi connectivity index (χ0v) is 6.29. The molecular formula is C3H4ClNOS2. The predicted molar refractivity (Wildman–Crippen MR) is 40.4 cm³/mol. The Morgan fingerprint density at radius 2 is 2.38 bits per heavy atom. The fraction of sp³-hybridized carbons (Fsp3) is 0.333. The van der Waals surface area contributed by atoms with Crippen LogP contribution < -0.4 is 5.32 Å². The Morgan fingerprint density at radius 1 is 1.75 bits per heavy atom. The summed E-state index contributed by atoms with van der Waals surface area (Å²) in [7, 11) is 0. The first kappa shape index (κ1) is 8.20. The van der Waals surface area contributed by atoms with Crippen LogP contribution >= 0.6 is 36.4 Å². The third-order valence-corrected chi connectivity index (χ3v) is 1.80. The maximum Gasteiger partial charge on any atom is 0.235 e. The third-order valence-electron chi connectivity index (χ3n) is 0.576. The number of rotatable bonds is 0. The van der Waals surface area contributed by atoms with Crippen molar-refractivity contribution in [2.75, 3.05) is 5.75 Å². The Balaban J connectivity index is 0.000000490. The summed E-state index contributed by atoms with van der Waals surface area (Å²) in [6.45, 7) is 0. The van der Waals surface area contributed by atoms with Gasteiger partial charge in [0.05, 0.1) is 5.75 Å². The lowest BCUT2D eigenvalue weighted by atomic mass is 10.7. The molecule has 1 rings (SSSR count). The van der Waals surface area contributed by atoms with Gasteiger partial charge in [-0.05, 0) is 0 Å². The average Bonchev–Trinajstić information content (AvgIpc) is 1.87. The number of thiocarbonyl (C=S) groups is 1. The Morgan fingerprint density at radius 3 is 2.50 bits per heavy atom. The maximum absolute atomic E-state index is 10.2. The van der Waals surface area contributed by atoms with E-state index in [-0.39, 0.29) is 18.3 Å². The molecule has 0 radical (unpaired) electrons. The van der Waals surface area contributed by atoms with Crippen LogP contribution in [0.4, 0.5) is 0 Å². The summed E-state index contributed by atoms with van der Waals surface area (Å²) in [6, 6.07) is 0. The molecule has 5 heteroatoms. The maximum atomic E-state index is 10.2. The molecule has 1 fully saturated rings. The van der Waals surface area contributed by atoms with E-state index in [4.69, 9.17) is 0 Å². The quantitative estimate of drug-likeness (QED) is 0.538. The van der Waals surface area contributed by atoms with Crippen molar-refractivity contribution in [3.8, 4) is 0 Å². The molecule has 0 aromatic heterocycles. The summed E-state index contributed by atoms with van der Waals surface area (Å²) < 4.78 is 0.602. The van der Waals surface area contributed by atoms with Crippen LogP contribution in [0.5, 0.6) is 0 Å². The minimum atomic E-state index is 0. The van der Waals surface area contributed by atoms with Crippen molar-refractivity contribution in [2.45, 2.75) is 0 Å². The fourth-order valence-electron chi connectivity index (χ4n) is 0.317. The molecule has 0 spiro atoms. The highest BCUT2D eigenvalue weighted by molar-refractivity contribution is 8.24. The van der Waals surface area contributed by atoms with Crippen molar-refractivity contribution in [3.63, 3.8) is 0 Å². The molecule has 8 heavy (non-hydrogen) atoms. The highest BCUT2D eigenvalue weighted by Gasteiger charge is 2.13. The summed E-state index contributed by atoms with van der Waals surface area (Å²) in [4.78, 5) is 10.2. The molecule has 0 aliphatic carbocycles. The molecule has 0 bridgehead atoms. The molecule has 0 atom stereocenters. The van der Waals surface area contributed by atoms with E-state index < -0.39 is 0 Å². The zero-order chi connectivity index (χ0) is 5.28. The topological polar surface area (TPSA) is 29.1 Å². The van der Waals surface area contributed by atoms with E-state index in [0.29, 0.717) is 10.1 Å². The van der Waals surface area contributed by atoms with Gasteiger partial charge in [-0.3, -0.25) is 4.79 Å². The van der Waals surface area contributed by atoms with Crippen molar-refractivity contribution < 1.29 is 4.79 Å². The van der Waals surface area contributed by atoms with E-state index in [0.717, 1.165) is 0 Å². The largest absolute Gasteiger partial charge is 0.311 e. The number of nitrogens with one attached hydrogen (secondary N) is 1. The van der Waals surface area contributed by atoms with Crippen molar-refractivity contribution in [2.24, 2.45) is 0 Å². The number of carbonyl (C=O) groups is 1. The van der Waals surface area contributed by atoms with Gasteiger partial charge in [-0.15, -0.1) is 12.4 Å². The lowest BCUT2D eigenvalue weighted by Crippen LogP contribution is -2.18. The van der Waals surface area contributed by atoms with Gasteiger partial charge in [0.15, 0.2) is 0 Å². The summed E-state index contributed by atoms with van der Waals surface area (Å²) in [5, 5.41) is 2.47. The van der Waals surface area contributed by atoms with E-state index in [1.165, 1.54) is 11.8 Å². The minimum absolute atomic E-state index is 0. The molecule has 1 aliphatic rings. The van der Waals surface area contributed by atoms with Crippen LogP contribution in [-0.4, -0.2) is 16.0 Å². The fourth-order valence-corrected chi connectivity index (χ4v) is 1.13. The first-order valence-electron chi connectivity index (χ1n) is 1.75. The van der Waals surface area contributed by atoms with E-state index in [1.807, 2.05) is 0 Å². The van der Waals surface area contributed by atoms with Gasteiger partial charge in [0.1, 0.15) is 4.32 Å². The van der Waals surface area contributed by atoms with Gasteiger partial charge in [0, 0.05) is 0 Å². The molecule has 0 aromatic rings. The van der Waals surface area contributed by atoms with Gasteiger partial charge >= 0.3 is 0 Å². The van der Waals surface area contributed by atoms with Crippen LogP contribution in [0.3, 0.4) is 0 Å². The van der Waals surface area contributed by atoms with Crippen LogP contribution in [0.2, 0.25) is 0 Å². The number of halogens is 1. The Kier molecular flexibility index (Phi) is 3.35. The molecule has 0 unspecified atom stereocenters. The van der Waals surface area contributed by atoms with Crippen molar-refractivity contribution in [1.29, 1.82) is 0 Å². The van der Waals surface area contributed by atoms with E-state index in [1.54, 1.807) is 0 Å². The molecule has 1 aliphatic heterocycles. The SMILES string of the molecule is Cl.O=C1CSC(=S)N1. The average molecular weight is 170 g/mol. The van der Waals surface area contributed by atoms with Gasteiger partial charge in [0.25, 0.3) is 0 Å². The smallest absolute Gasteiger partial charge is 0.235 e. The molecule has 1 amide bonds. The predicted octanol–water partition coefficient (Wildman–Crippen LogP) is 0.556. The van der Waals surface area contributed by atoms with E-state index in [9.17, 15) is 4.79 Å². The Bertz CT molecular complexity index is 112. The van der Waals surface area contributed by atoms with E-state index >= 15 is 0 Å². The van der Waals surface area contributed by atoms with Crippen LogP contribution in [-0.2, 0) is 4.79 Å². The second-order valence-electron chi connectivity index (χ2n) is 1.12. The molecule has 0 saturated carbocycles. The molecule has 0 aromatic carbocycles. The van der Waals surface area contributed by atoms with Crippen LogP contribution in [0, 0.1) is 0 Å². The third kappa shape index (κ3) is 1.98. The summed E-state index contributed by atoms with van der Waals surface area (Å²) >= 11 is 6.00. The number of hydrogen-bond acceptors (Lipinski definition) is 3. The number of amides is 1. The molecule has 46 valence electrons. The van der Waals surface area contributed by atoms with Crippen LogP contribution in [0.1, 0.15) is 0 Å². The Labute approximate surface area is 62.8 Å². The van der Waals surface area contributed by atoms with Gasteiger partial charge in [0.2, 0.25) is 5.91 Å². The number of thioether (sulfide) groups is 1. The zero-order valence-electron chi connectivity index (χ0n) is 3.84. The monoisotopic (exact) mass is 169 g/mol. The van der Waals surface area contributed by atoms with Gasteiger partial charge in [-0.1, -0.05) is 24.0 Å². The van der Waals surface area contributed by atoms with E-state index in [2.05, 4.69) is 17.5 Å². The second-order valence-corrected chi connectivity index (χ2v) is 2.78. The molecule has 1 saturated heterocycles. The van der Waals surface area contributed by atoms with Crippen LogP contribution in [0.25, 0.3) is 0 Å². The van der Waals surface area contributed by atoms with Crippen molar-refractivity contribution >= 4 is 46.6 Å². The van der Waals surface area contributed by atoms with Gasteiger partial charge < -0.3 is 5.32 Å². The molecular weight excluding hydrogens is 166 g/mol. The summed E-state index contributed by atoms with van der Waals surface area (Å²) in [6.07, 6.45) is 0. The number of carbonyl (C=O) groups excluding carboxylic acids is 1. The summed E-state index contributed by atoms with van der Waals surface area (Å²) in [5.41, 5.74) is 0. The van der Waals surface area contributed by atoms with Crippen molar-refractivity contribution in [1.82, 2.24) is 5.32 Å². The minimum Gasteiger partial charge on any atom is -0.311 e. The second kappa shape index (κ2) is 3.27. The lowest BCUT2D eigenvalue weighted by Gasteiger charge is -1.81. The normalized spacial score (nSPS) is 17.5. The highest BCUT2D eigenvalue weighted by Crippen LogP contribution is 2.06. The molecule has 2 nitrogen and oxygen atoms in total. The van der Waals surface area contributed by atoms with Crippen LogP contribution in [0.15, 0.2) is 0 Å². The lowest BCUT2D eigenvalue weighted by molar-refractivity contribution is -0.116. The first-order valence-corrected chi connectivity index (χ1v) is 3.15. The summed E-state index contributed by atoms with van der Waals surface area (Å²) in [5.74, 6) is 0.522. The molecule has 1 heterocycles. The Hall–Kier alpha value is 0.200. The van der Waals surface area contributed by atoms with Crippen molar-refractivity contribution in [3.05, 3.63) is 0 Å². The van der Waals surface area contributed by atoms with Gasteiger partial charge in [-0.2, -0.15) is 0 Å². The van der Waals surface area contributed by atoms with Gasteiger partial charge in [-0.25, -0.2) is 0 Å². The molecule has 1 N–H and O–H groups in total. The highest BCUT2D eigenvalue weighted by atomic mass is 35.5. The standard InChI is InChI=1S/C3H3NOS2.ClH/c5-2-1-7-3(6)4-2;/h1H2,(H,4,5,6);1H. The number of hydrogen-bond donors (Lipinski definition) is 1.